The van der Waals surface area contributed by atoms with Crippen LogP contribution in [0, 0.1) is 5.92 Å². The zero-order chi connectivity index (χ0) is 12.8. The minimum absolute atomic E-state index is 0.392. The van der Waals surface area contributed by atoms with Crippen LogP contribution in [0.3, 0.4) is 0 Å². The van der Waals surface area contributed by atoms with E-state index >= 15 is 0 Å². The Morgan fingerprint density at radius 2 is 2.11 bits per heavy atom. The number of aromatic nitrogens is 2. The number of nitrogens with one attached hydrogen (secondary N) is 1. The summed E-state index contributed by atoms with van der Waals surface area (Å²) in [4.78, 5) is 8.50. The molecule has 0 spiro atoms. The van der Waals surface area contributed by atoms with E-state index in [1.807, 2.05) is 0 Å². The number of rotatable bonds is 5. The standard InChI is InChI=1S/C13H22N4O/c1-18-9-13-16-11(14)7-12(17-13)15-8-10-5-3-2-4-6-10/h7,10H,2-6,8-9H2,1H3,(H3,14,15,16,17). The van der Waals surface area contributed by atoms with Crippen LogP contribution in [0.2, 0.25) is 0 Å². The van der Waals surface area contributed by atoms with Gasteiger partial charge in [0.2, 0.25) is 0 Å². The lowest BCUT2D eigenvalue weighted by atomic mass is 9.89. The van der Waals surface area contributed by atoms with E-state index in [0.29, 0.717) is 18.2 Å². The highest BCUT2D eigenvalue weighted by Gasteiger charge is 2.13. The Kier molecular flexibility index (Phi) is 4.75. The Bertz CT molecular complexity index is 377. The van der Waals surface area contributed by atoms with Crippen molar-refractivity contribution in [3.8, 4) is 0 Å². The third kappa shape index (κ3) is 3.84. The molecular weight excluding hydrogens is 228 g/mol. The number of anilines is 2. The second kappa shape index (κ2) is 6.54. The van der Waals surface area contributed by atoms with Crippen molar-refractivity contribution in [1.29, 1.82) is 0 Å². The summed E-state index contributed by atoms with van der Waals surface area (Å²) in [6, 6.07) is 1.78. The summed E-state index contributed by atoms with van der Waals surface area (Å²) < 4.78 is 5.02. The van der Waals surface area contributed by atoms with Crippen molar-refractivity contribution in [1.82, 2.24) is 9.97 Å². The SMILES string of the molecule is COCc1nc(N)cc(NCC2CCCCC2)n1. The molecule has 1 heterocycles. The zero-order valence-corrected chi connectivity index (χ0v) is 11.0. The lowest BCUT2D eigenvalue weighted by molar-refractivity contribution is 0.178. The van der Waals surface area contributed by atoms with E-state index in [2.05, 4.69) is 15.3 Å². The Balaban J connectivity index is 1.91. The number of methoxy groups -OCH3 is 1. The van der Waals surface area contributed by atoms with Crippen LogP contribution in [0.4, 0.5) is 11.6 Å². The van der Waals surface area contributed by atoms with E-state index in [1.54, 1.807) is 13.2 Å². The molecule has 1 aromatic rings. The third-order valence-corrected chi connectivity index (χ3v) is 3.36. The van der Waals surface area contributed by atoms with Crippen LogP contribution < -0.4 is 11.1 Å². The fourth-order valence-corrected chi connectivity index (χ4v) is 2.44. The molecule has 1 aliphatic carbocycles. The third-order valence-electron chi connectivity index (χ3n) is 3.36. The molecule has 5 nitrogen and oxygen atoms in total. The molecule has 18 heavy (non-hydrogen) atoms. The van der Waals surface area contributed by atoms with Crippen molar-refractivity contribution in [2.24, 2.45) is 5.92 Å². The second-order valence-electron chi connectivity index (χ2n) is 4.91. The van der Waals surface area contributed by atoms with Gasteiger partial charge >= 0.3 is 0 Å². The van der Waals surface area contributed by atoms with Crippen molar-refractivity contribution in [3.05, 3.63) is 11.9 Å². The second-order valence-corrected chi connectivity index (χ2v) is 4.91. The molecule has 1 aromatic heterocycles. The smallest absolute Gasteiger partial charge is 0.158 e. The van der Waals surface area contributed by atoms with E-state index in [0.717, 1.165) is 18.3 Å². The van der Waals surface area contributed by atoms with E-state index in [4.69, 9.17) is 10.5 Å². The first-order chi connectivity index (χ1) is 8.78. The Hall–Kier alpha value is -1.36. The maximum atomic E-state index is 5.75. The summed E-state index contributed by atoms with van der Waals surface area (Å²) in [7, 11) is 1.63. The molecule has 1 saturated carbocycles. The summed E-state index contributed by atoms with van der Waals surface area (Å²) in [5.74, 6) is 2.69. The first-order valence-electron chi connectivity index (χ1n) is 6.64. The first-order valence-corrected chi connectivity index (χ1v) is 6.64. The Labute approximate surface area is 108 Å². The number of ether oxygens (including phenoxy) is 1. The molecule has 0 aromatic carbocycles. The number of hydrogen-bond donors (Lipinski definition) is 2. The van der Waals surface area contributed by atoms with Crippen molar-refractivity contribution in [2.45, 2.75) is 38.7 Å². The van der Waals surface area contributed by atoms with Crippen LogP contribution in [0.1, 0.15) is 37.9 Å². The summed E-state index contributed by atoms with van der Waals surface area (Å²) in [6.07, 6.45) is 6.73. The molecule has 3 N–H and O–H groups in total. The van der Waals surface area contributed by atoms with Gasteiger partial charge in [-0.15, -0.1) is 0 Å². The number of nitrogen functional groups attached to an aromatic ring is 1. The summed E-state index contributed by atoms with van der Waals surface area (Å²) in [5.41, 5.74) is 5.75. The van der Waals surface area contributed by atoms with Crippen LogP contribution >= 0.6 is 0 Å². The molecule has 0 amide bonds. The topological polar surface area (TPSA) is 73.1 Å². The minimum Gasteiger partial charge on any atom is -0.384 e. The van der Waals surface area contributed by atoms with Gasteiger partial charge in [0.05, 0.1) is 0 Å². The summed E-state index contributed by atoms with van der Waals surface area (Å²) in [5, 5.41) is 3.37. The van der Waals surface area contributed by atoms with Crippen molar-refractivity contribution < 1.29 is 4.74 Å². The van der Waals surface area contributed by atoms with Gasteiger partial charge in [-0.2, -0.15) is 0 Å². The summed E-state index contributed by atoms with van der Waals surface area (Å²) >= 11 is 0. The molecule has 0 aliphatic heterocycles. The van der Waals surface area contributed by atoms with Crippen molar-refractivity contribution >= 4 is 11.6 Å². The van der Waals surface area contributed by atoms with E-state index in [-0.39, 0.29) is 0 Å². The zero-order valence-electron chi connectivity index (χ0n) is 11.0. The highest BCUT2D eigenvalue weighted by atomic mass is 16.5. The van der Waals surface area contributed by atoms with Crippen LogP contribution in [-0.2, 0) is 11.3 Å². The maximum Gasteiger partial charge on any atom is 0.158 e. The predicted molar refractivity (Wildman–Crippen MR) is 72.2 cm³/mol. The lowest BCUT2D eigenvalue weighted by Crippen LogP contribution is -2.18. The Morgan fingerprint density at radius 1 is 1.33 bits per heavy atom. The Morgan fingerprint density at radius 3 is 2.83 bits per heavy atom. The molecule has 0 unspecified atom stereocenters. The normalized spacial score (nSPS) is 16.7. The van der Waals surface area contributed by atoms with Gasteiger partial charge in [0.25, 0.3) is 0 Å². The number of nitrogens with zero attached hydrogens (tertiary/aromatic N) is 2. The molecule has 1 aliphatic rings. The lowest BCUT2D eigenvalue weighted by Gasteiger charge is -2.22. The first kappa shape index (κ1) is 13.1. The predicted octanol–water partition coefficient (Wildman–Crippen LogP) is 2.20. The van der Waals surface area contributed by atoms with Gasteiger partial charge in [-0.25, -0.2) is 9.97 Å². The fraction of sp³-hybridized carbons (Fsp3) is 0.692. The minimum atomic E-state index is 0.392. The summed E-state index contributed by atoms with van der Waals surface area (Å²) in [6.45, 7) is 1.37. The number of nitrogens with two attached hydrogens (primary N) is 1. The van der Waals surface area contributed by atoms with Gasteiger partial charge in [0.1, 0.15) is 18.2 Å². The van der Waals surface area contributed by atoms with Crippen LogP contribution in [-0.4, -0.2) is 23.6 Å². The maximum absolute atomic E-state index is 5.75. The highest BCUT2D eigenvalue weighted by molar-refractivity contribution is 5.44. The van der Waals surface area contributed by atoms with Crippen molar-refractivity contribution in [2.75, 3.05) is 24.7 Å². The van der Waals surface area contributed by atoms with Gasteiger partial charge in [0, 0.05) is 19.7 Å². The molecule has 100 valence electrons. The fourth-order valence-electron chi connectivity index (χ4n) is 2.44. The molecular formula is C13H22N4O. The van der Waals surface area contributed by atoms with Gasteiger partial charge in [-0.05, 0) is 18.8 Å². The van der Waals surface area contributed by atoms with Gasteiger partial charge in [-0.1, -0.05) is 19.3 Å². The molecule has 2 rings (SSSR count). The molecule has 0 bridgehead atoms. The van der Waals surface area contributed by atoms with Crippen molar-refractivity contribution in [3.63, 3.8) is 0 Å². The monoisotopic (exact) mass is 250 g/mol. The van der Waals surface area contributed by atoms with Gasteiger partial charge in [0.15, 0.2) is 5.82 Å². The molecule has 0 atom stereocenters. The van der Waals surface area contributed by atoms with E-state index < -0.39 is 0 Å². The largest absolute Gasteiger partial charge is 0.384 e. The van der Waals surface area contributed by atoms with E-state index in [1.165, 1.54) is 32.1 Å². The number of hydrogen-bond acceptors (Lipinski definition) is 5. The molecule has 0 radical (unpaired) electrons. The van der Waals surface area contributed by atoms with Crippen LogP contribution in [0.15, 0.2) is 6.07 Å². The van der Waals surface area contributed by atoms with Gasteiger partial charge in [-0.3, -0.25) is 0 Å². The van der Waals surface area contributed by atoms with Crippen LogP contribution in [0.25, 0.3) is 0 Å². The molecule has 5 heteroatoms. The highest BCUT2D eigenvalue weighted by Crippen LogP contribution is 2.23. The van der Waals surface area contributed by atoms with E-state index in [9.17, 15) is 0 Å². The average molecular weight is 250 g/mol. The quantitative estimate of drug-likeness (QED) is 0.838. The molecule has 1 fully saturated rings. The molecule has 0 saturated heterocycles. The van der Waals surface area contributed by atoms with Crippen LogP contribution in [0.5, 0.6) is 0 Å². The van der Waals surface area contributed by atoms with Gasteiger partial charge < -0.3 is 15.8 Å². The average Bonchev–Trinajstić information content (AvgIpc) is 2.37.